The van der Waals surface area contributed by atoms with E-state index in [9.17, 15) is 18.0 Å². The summed E-state index contributed by atoms with van der Waals surface area (Å²) < 4.78 is 37.7. The van der Waals surface area contributed by atoms with Crippen LogP contribution in [-0.4, -0.2) is 52.8 Å². The zero-order valence-corrected chi connectivity index (χ0v) is 11.6. The lowest BCUT2D eigenvalue weighted by molar-refractivity contribution is -0.167. The van der Waals surface area contributed by atoms with E-state index in [-0.39, 0.29) is 18.7 Å². The third kappa shape index (κ3) is 4.23. The normalized spacial score (nSPS) is 19.3. The van der Waals surface area contributed by atoms with Crippen LogP contribution in [0, 0.1) is 5.41 Å². The van der Waals surface area contributed by atoms with Gasteiger partial charge in [0.05, 0.1) is 6.61 Å². The number of oxime groups is 1. The zero-order valence-electron chi connectivity index (χ0n) is 11.6. The summed E-state index contributed by atoms with van der Waals surface area (Å²) in [6, 6.07) is 0. The molecule has 1 rings (SSSR count). The van der Waals surface area contributed by atoms with E-state index >= 15 is 0 Å². The van der Waals surface area contributed by atoms with Crippen molar-refractivity contribution in [3.05, 3.63) is 0 Å². The first kappa shape index (κ1) is 17.5. The van der Waals surface area contributed by atoms with Crippen molar-refractivity contribution in [2.24, 2.45) is 16.3 Å². The first-order valence-corrected chi connectivity index (χ1v) is 6.72. The number of hydrogen-bond acceptors (Lipinski definition) is 4. The standard InChI is InChI=1S/C12H20F3N3O3/c13-12(14,15)8-18(6-7-19)10(20)11(9(16)17-21)4-2-1-3-5-11/h19,21H,1-8H2,(H2,16,17). The minimum atomic E-state index is -4.58. The van der Waals surface area contributed by atoms with Crippen LogP contribution in [-0.2, 0) is 4.79 Å². The average molecular weight is 311 g/mol. The molecule has 0 aromatic carbocycles. The van der Waals surface area contributed by atoms with Gasteiger partial charge >= 0.3 is 6.18 Å². The summed E-state index contributed by atoms with van der Waals surface area (Å²) in [6.45, 7) is -2.50. The molecule has 4 N–H and O–H groups in total. The lowest BCUT2D eigenvalue weighted by Crippen LogP contribution is -2.54. The Labute approximate surface area is 120 Å². The van der Waals surface area contributed by atoms with Crippen molar-refractivity contribution >= 4 is 11.7 Å². The summed E-state index contributed by atoms with van der Waals surface area (Å²) in [7, 11) is 0. The Kier molecular flexibility index (Phi) is 5.82. The summed E-state index contributed by atoms with van der Waals surface area (Å²) >= 11 is 0. The minimum Gasteiger partial charge on any atom is -0.409 e. The molecule has 1 amide bonds. The van der Waals surface area contributed by atoms with Crippen molar-refractivity contribution in [2.75, 3.05) is 19.7 Å². The molecule has 0 radical (unpaired) electrons. The molecule has 0 heterocycles. The van der Waals surface area contributed by atoms with Gasteiger partial charge in [-0.2, -0.15) is 13.2 Å². The van der Waals surface area contributed by atoms with Crippen LogP contribution in [0.15, 0.2) is 5.16 Å². The summed E-state index contributed by atoms with van der Waals surface area (Å²) in [5.74, 6) is -1.21. The monoisotopic (exact) mass is 311 g/mol. The Morgan fingerprint density at radius 3 is 2.29 bits per heavy atom. The highest BCUT2D eigenvalue weighted by Crippen LogP contribution is 2.38. The highest BCUT2D eigenvalue weighted by atomic mass is 19.4. The molecule has 1 aliphatic carbocycles. The number of aliphatic hydroxyl groups excluding tert-OH is 1. The van der Waals surface area contributed by atoms with Crippen LogP contribution in [0.25, 0.3) is 0 Å². The van der Waals surface area contributed by atoms with Crippen molar-refractivity contribution in [1.82, 2.24) is 4.90 Å². The first-order valence-electron chi connectivity index (χ1n) is 6.72. The molecule has 6 nitrogen and oxygen atoms in total. The zero-order chi connectivity index (χ0) is 16.1. The SMILES string of the molecule is NC(=NO)C1(C(=O)N(CCO)CC(F)(F)F)CCCCC1. The second-order valence-corrected chi connectivity index (χ2v) is 5.19. The molecule has 1 aliphatic rings. The molecule has 0 aliphatic heterocycles. The summed E-state index contributed by atoms with van der Waals surface area (Å²) in [5.41, 5.74) is 4.18. The predicted molar refractivity (Wildman–Crippen MR) is 68.6 cm³/mol. The number of nitrogens with zero attached hydrogens (tertiary/aromatic N) is 2. The van der Waals surface area contributed by atoms with Gasteiger partial charge in [-0.15, -0.1) is 0 Å². The second kappa shape index (κ2) is 6.97. The van der Waals surface area contributed by atoms with Gasteiger partial charge in [0.15, 0.2) is 5.84 Å². The minimum absolute atomic E-state index is 0.238. The Balaban J connectivity index is 3.06. The number of carbonyl (C=O) groups is 1. The van der Waals surface area contributed by atoms with E-state index in [1.54, 1.807) is 0 Å². The fourth-order valence-electron chi connectivity index (χ4n) is 2.72. The maximum Gasteiger partial charge on any atom is 0.406 e. The number of alkyl halides is 3. The van der Waals surface area contributed by atoms with Crippen LogP contribution in [0.5, 0.6) is 0 Å². The van der Waals surface area contributed by atoms with Gasteiger partial charge in [0.25, 0.3) is 0 Å². The van der Waals surface area contributed by atoms with E-state index in [1.165, 1.54) is 0 Å². The molecule has 9 heteroatoms. The van der Waals surface area contributed by atoms with Crippen molar-refractivity contribution in [1.29, 1.82) is 0 Å². The van der Waals surface area contributed by atoms with Gasteiger partial charge in [0.2, 0.25) is 5.91 Å². The van der Waals surface area contributed by atoms with Gasteiger partial charge in [-0.1, -0.05) is 24.4 Å². The van der Waals surface area contributed by atoms with Crippen LogP contribution >= 0.6 is 0 Å². The lowest BCUT2D eigenvalue weighted by atomic mass is 9.72. The highest BCUT2D eigenvalue weighted by molar-refractivity contribution is 6.06. The van der Waals surface area contributed by atoms with Gasteiger partial charge in [-0.05, 0) is 12.8 Å². The maximum atomic E-state index is 12.6. The molecule has 0 aromatic rings. The number of nitrogens with two attached hydrogens (primary N) is 1. The molecule has 0 bridgehead atoms. The smallest absolute Gasteiger partial charge is 0.406 e. The Hall–Kier alpha value is -1.51. The van der Waals surface area contributed by atoms with E-state index in [0.717, 1.165) is 6.42 Å². The van der Waals surface area contributed by atoms with Crippen LogP contribution in [0.4, 0.5) is 13.2 Å². The average Bonchev–Trinajstić information content (AvgIpc) is 2.44. The van der Waals surface area contributed by atoms with Crippen molar-refractivity contribution in [3.63, 3.8) is 0 Å². The number of halogens is 3. The molecule has 0 spiro atoms. The van der Waals surface area contributed by atoms with Gasteiger partial charge in [0, 0.05) is 6.54 Å². The van der Waals surface area contributed by atoms with Gasteiger partial charge < -0.3 is 20.9 Å². The fourth-order valence-corrected chi connectivity index (χ4v) is 2.72. The van der Waals surface area contributed by atoms with Crippen LogP contribution in [0.2, 0.25) is 0 Å². The third-order valence-corrected chi connectivity index (χ3v) is 3.74. The van der Waals surface area contributed by atoms with Crippen molar-refractivity contribution in [2.45, 2.75) is 38.3 Å². The van der Waals surface area contributed by atoms with Crippen molar-refractivity contribution < 1.29 is 28.3 Å². The fraction of sp³-hybridized carbons (Fsp3) is 0.833. The predicted octanol–water partition coefficient (Wildman–Crippen LogP) is 1.07. The molecular formula is C12H20F3N3O3. The summed E-state index contributed by atoms with van der Waals surface area (Å²) in [5, 5.41) is 20.6. The van der Waals surface area contributed by atoms with Crippen molar-refractivity contribution in [3.8, 4) is 0 Å². The summed E-state index contributed by atoms with van der Waals surface area (Å²) in [6.07, 6.45) is -2.04. The maximum absolute atomic E-state index is 12.6. The number of aliphatic hydroxyl groups is 1. The van der Waals surface area contributed by atoms with Gasteiger partial charge in [0.1, 0.15) is 12.0 Å². The number of rotatable bonds is 5. The number of amidine groups is 1. The van der Waals surface area contributed by atoms with Crippen LogP contribution in [0.3, 0.4) is 0 Å². The molecule has 0 saturated heterocycles. The number of amides is 1. The molecular weight excluding hydrogens is 291 g/mol. The lowest BCUT2D eigenvalue weighted by Gasteiger charge is -2.38. The first-order chi connectivity index (χ1) is 9.77. The van der Waals surface area contributed by atoms with E-state index < -0.39 is 37.2 Å². The van der Waals surface area contributed by atoms with Gasteiger partial charge in [-0.3, -0.25) is 4.79 Å². The quantitative estimate of drug-likeness (QED) is 0.306. The molecule has 1 saturated carbocycles. The van der Waals surface area contributed by atoms with Gasteiger partial charge in [-0.25, -0.2) is 0 Å². The van der Waals surface area contributed by atoms with E-state index in [4.69, 9.17) is 16.0 Å². The molecule has 0 aromatic heterocycles. The molecule has 21 heavy (non-hydrogen) atoms. The Morgan fingerprint density at radius 2 is 1.86 bits per heavy atom. The third-order valence-electron chi connectivity index (χ3n) is 3.74. The summed E-state index contributed by atoms with van der Waals surface area (Å²) in [4.78, 5) is 13.1. The topological polar surface area (TPSA) is 99.2 Å². The van der Waals surface area contributed by atoms with Crippen LogP contribution < -0.4 is 5.73 Å². The van der Waals surface area contributed by atoms with Crippen LogP contribution in [0.1, 0.15) is 32.1 Å². The molecule has 0 unspecified atom stereocenters. The molecule has 1 fully saturated rings. The van der Waals surface area contributed by atoms with E-state index in [1.807, 2.05) is 0 Å². The van der Waals surface area contributed by atoms with E-state index in [2.05, 4.69) is 5.16 Å². The Morgan fingerprint density at radius 1 is 1.29 bits per heavy atom. The van der Waals surface area contributed by atoms with E-state index in [0.29, 0.717) is 17.7 Å². The Bertz CT molecular complexity index is 393. The molecule has 122 valence electrons. The number of hydrogen-bond donors (Lipinski definition) is 3. The largest absolute Gasteiger partial charge is 0.409 e. The second-order valence-electron chi connectivity index (χ2n) is 5.19. The highest BCUT2D eigenvalue weighted by Gasteiger charge is 2.47. The molecule has 0 atom stereocenters. The number of carbonyl (C=O) groups excluding carboxylic acids is 1.